The van der Waals surface area contributed by atoms with Crippen molar-refractivity contribution in [2.24, 2.45) is 0 Å². The van der Waals surface area contributed by atoms with E-state index in [4.69, 9.17) is 21.1 Å². The predicted molar refractivity (Wildman–Crippen MR) is 59.9 cm³/mol. The highest BCUT2D eigenvalue weighted by Gasteiger charge is 2.13. The minimum absolute atomic E-state index is 0.430. The first kappa shape index (κ1) is 12.1. The second-order valence-electron chi connectivity index (χ2n) is 3.33. The molecule has 0 unspecified atom stereocenters. The van der Waals surface area contributed by atoms with E-state index in [1.807, 2.05) is 6.07 Å². The summed E-state index contributed by atoms with van der Waals surface area (Å²) in [4.78, 5) is 0. The normalized spacial score (nSPS) is 12.3. The van der Waals surface area contributed by atoms with Crippen molar-refractivity contribution in [3.63, 3.8) is 0 Å². The fraction of sp³-hybridized carbons (Fsp3) is 0.455. The Kier molecular flexibility index (Phi) is 4.24. The number of methoxy groups -OCH3 is 2. The lowest BCUT2D eigenvalue weighted by atomic mass is 10.1. The summed E-state index contributed by atoms with van der Waals surface area (Å²) >= 11 is 6.12. The van der Waals surface area contributed by atoms with Crippen LogP contribution in [0.5, 0.6) is 11.5 Å². The van der Waals surface area contributed by atoms with E-state index in [2.05, 4.69) is 0 Å². The summed E-state index contributed by atoms with van der Waals surface area (Å²) in [6.07, 6.45) is 0.0692. The van der Waals surface area contributed by atoms with Gasteiger partial charge >= 0.3 is 0 Å². The van der Waals surface area contributed by atoms with Crippen LogP contribution in [0.15, 0.2) is 12.1 Å². The van der Waals surface area contributed by atoms with E-state index >= 15 is 0 Å². The maximum Gasteiger partial charge on any atom is 0.179 e. The van der Waals surface area contributed by atoms with Gasteiger partial charge in [0, 0.05) is 0 Å². The summed E-state index contributed by atoms with van der Waals surface area (Å²) in [6.45, 7) is 1.72. The quantitative estimate of drug-likeness (QED) is 0.863. The molecule has 0 aliphatic rings. The molecule has 0 radical (unpaired) electrons. The highest BCUT2D eigenvalue weighted by Crippen LogP contribution is 2.37. The molecule has 1 N–H and O–H groups in total. The van der Waals surface area contributed by atoms with Gasteiger partial charge in [0.2, 0.25) is 0 Å². The maximum absolute atomic E-state index is 9.29. The summed E-state index contributed by atoms with van der Waals surface area (Å²) in [6, 6.07) is 3.61. The van der Waals surface area contributed by atoms with E-state index in [1.54, 1.807) is 20.1 Å². The standard InChI is InChI=1S/C11H15ClO3/c1-7(13)6-8-4-5-9(14-2)11(15-3)10(8)12/h4-5,7,13H,6H2,1-3H3/t7-/m1/s1. The molecule has 0 spiro atoms. The number of halogens is 1. The lowest BCUT2D eigenvalue weighted by Crippen LogP contribution is -2.05. The molecule has 0 saturated heterocycles. The second kappa shape index (κ2) is 5.24. The van der Waals surface area contributed by atoms with Crippen LogP contribution in [-0.2, 0) is 6.42 Å². The Morgan fingerprint density at radius 1 is 1.33 bits per heavy atom. The van der Waals surface area contributed by atoms with Crippen LogP contribution in [0.25, 0.3) is 0 Å². The van der Waals surface area contributed by atoms with E-state index in [1.165, 1.54) is 7.11 Å². The summed E-state index contributed by atoms with van der Waals surface area (Å²) in [5.74, 6) is 1.11. The molecule has 0 fully saturated rings. The van der Waals surface area contributed by atoms with Gasteiger partial charge in [-0.3, -0.25) is 0 Å². The molecule has 1 aromatic rings. The Morgan fingerprint density at radius 2 is 2.00 bits per heavy atom. The van der Waals surface area contributed by atoms with Crippen LogP contribution in [0.2, 0.25) is 5.02 Å². The number of benzene rings is 1. The Hall–Kier alpha value is -0.930. The van der Waals surface area contributed by atoms with E-state index in [0.29, 0.717) is 22.9 Å². The zero-order valence-corrected chi connectivity index (χ0v) is 9.84. The molecule has 1 aromatic carbocycles. The number of aliphatic hydroxyl groups is 1. The molecule has 0 aromatic heterocycles. The highest BCUT2D eigenvalue weighted by molar-refractivity contribution is 6.33. The van der Waals surface area contributed by atoms with Gasteiger partial charge in [-0.05, 0) is 25.0 Å². The number of ether oxygens (including phenoxy) is 2. The smallest absolute Gasteiger partial charge is 0.179 e. The number of rotatable bonds is 4. The van der Waals surface area contributed by atoms with Crippen LogP contribution in [0.3, 0.4) is 0 Å². The van der Waals surface area contributed by atoms with Crippen molar-refractivity contribution < 1.29 is 14.6 Å². The molecule has 15 heavy (non-hydrogen) atoms. The third-order valence-electron chi connectivity index (χ3n) is 2.08. The molecule has 4 heteroatoms. The minimum Gasteiger partial charge on any atom is -0.493 e. The predicted octanol–water partition coefficient (Wildman–Crippen LogP) is 2.28. The molecule has 0 heterocycles. The topological polar surface area (TPSA) is 38.7 Å². The number of aliphatic hydroxyl groups excluding tert-OH is 1. The van der Waals surface area contributed by atoms with Gasteiger partial charge in [-0.1, -0.05) is 17.7 Å². The Balaban J connectivity index is 3.11. The van der Waals surface area contributed by atoms with E-state index in [0.717, 1.165) is 5.56 Å². The minimum atomic E-state index is -0.430. The first-order valence-corrected chi connectivity index (χ1v) is 5.05. The van der Waals surface area contributed by atoms with Crippen molar-refractivity contribution in [3.8, 4) is 11.5 Å². The molecular weight excluding hydrogens is 216 g/mol. The van der Waals surface area contributed by atoms with Crippen molar-refractivity contribution in [1.82, 2.24) is 0 Å². The molecule has 0 aliphatic carbocycles. The van der Waals surface area contributed by atoms with Gasteiger partial charge in [-0.25, -0.2) is 0 Å². The largest absolute Gasteiger partial charge is 0.493 e. The van der Waals surface area contributed by atoms with Crippen LogP contribution in [0.1, 0.15) is 12.5 Å². The second-order valence-corrected chi connectivity index (χ2v) is 3.71. The summed E-state index contributed by atoms with van der Waals surface area (Å²) in [7, 11) is 3.10. The van der Waals surface area contributed by atoms with Gasteiger partial charge < -0.3 is 14.6 Å². The van der Waals surface area contributed by atoms with Crippen LogP contribution >= 0.6 is 11.6 Å². The fourth-order valence-electron chi connectivity index (χ4n) is 1.41. The van der Waals surface area contributed by atoms with Crippen LogP contribution in [0, 0.1) is 0 Å². The number of hydrogen-bond donors (Lipinski definition) is 1. The van der Waals surface area contributed by atoms with Crippen molar-refractivity contribution in [1.29, 1.82) is 0 Å². The zero-order valence-electron chi connectivity index (χ0n) is 9.08. The van der Waals surface area contributed by atoms with Gasteiger partial charge in [-0.15, -0.1) is 0 Å². The Bertz CT molecular complexity index is 337. The average molecular weight is 231 g/mol. The van der Waals surface area contributed by atoms with Gasteiger partial charge in [0.1, 0.15) is 0 Å². The maximum atomic E-state index is 9.29. The zero-order chi connectivity index (χ0) is 11.4. The SMILES string of the molecule is COc1ccc(C[C@@H](C)O)c(Cl)c1OC. The van der Waals surface area contributed by atoms with Crippen molar-refractivity contribution in [2.75, 3.05) is 14.2 Å². The van der Waals surface area contributed by atoms with E-state index < -0.39 is 6.10 Å². The van der Waals surface area contributed by atoms with Crippen LogP contribution in [-0.4, -0.2) is 25.4 Å². The molecule has 0 bridgehead atoms. The fourth-order valence-corrected chi connectivity index (χ4v) is 1.72. The highest BCUT2D eigenvalue weighted by atomic mass is 35.5. The molecule has 0 saturated carbocycles. The van der Waals surface area contributed by atoms with Gasteiger partial charge in [0.25, 0.3) is 0 Å². The van der Waals surface area contributed by atoms with Crippen LogP contribution in [0.4, 0.5) is 0 Å². The molecule has 1 rings (SSSR count). The first-order valence-electron chi connectivity index (χ1n) is 4.67. The Morgan fingerprint density at radius 3 is 2.47 bits per heavy atom. The third-order valence-corrected chi connectivity index (χ3v) is 2.49. The molecular formula is C11H15ClO3. The third kappa shape index (κ3) is 2.76. The van der Waals surface area contributed by atoms with E-state index in [-0.39, 0.29) is 0 Å². The number of hydrogen-bond acceptors (Lipinski definition) is 3. The van der Waals surface area contributed by atoms with Crippen molar-refractivity contribution in [2.45, 2.75) is 19.4 Å². The molecule has 84 valence electrons. The van der Waals surface area contributed by atoms with E-state index in [9.17, 15) is 5.11 Å². The van der Waals surface area contributed by atoms with Gasteiger partial charge in [0.15, 0.2) is 11.5 Å². The van der Waals surface area contributed by atoms with Gasteiger partial charge in [0.05, 0.1) is 25.3 Å². The monoisotopic (exact) mass is 230 g/mol. The molecule has 0 aliphatic heterocycles. The van der Waals surface area contributed by atoms with Crippen molar-refractivity contribution in [3.05, 3.63) is 22.7 Å². The summed E-state index contributed by atoms with van der Waals surface area (Å²) in [5.41, 5.74) is 0.851. The lowest BCUT2D eigenvalue weighted by molar-refractivity contribution is 0.195. The molecule has 3 nitrogen and oxygen atoms in total. The van der Waals surface area contributed by atoms with Gasteiger partial charge in [-0.2, -0.15) is 0 Å². The molecule has 0 amide bonds. The lowest BCUT2D eigenvalue weighted by Gasteiger charge is -2.13. The average Bonchev–Trinajstić information content (AvgIpc) is 2.20. The molecule has 1 atom stereocenters. The van der Waals surface area contributed by atoms with Crippen molar-refractivity contribution >= 4 is 11.6 Å². The summed E-state index contributed by atoms with van der Waals surface area (Å²) in [5, 5.41) is 9.79. The summed E-state index contributed by atoms with van der Waals surface area (Å²) < 4.78 is 10.3. The van der Waals surface area contributed by atoms with Crippen LogP contribution < -0.4 is 9.47 Å². The first-order chi connectivity index (χ1) is 7.10. The Labute approximate surface area is 94.6 Å².